The van der Waals surface area contributed by atoms with Crippen molar-refractivity contribution in [3.05, 3.63) is 6.92 Å². The molecule has 2 N–H and O–H groups in total. The number of nitrogens with one attached hydrogen (secondary N) is 2. The number of ether oxygens (including phenoxy) is 2. The van der Waals surface area contributed by atoms with Gasteiger partial charge in [0.25, 0.3) is 0 Å². The van der Waals surface area contributed by atoms with E-state index in [2.05, 4.69) is 17.6 Å². The van der Waals surface area contributed by atoms with Crippen LogP contribution in [0, 0.1) is 6.92 Å². The normalized spacial score (nSPS) is 14.5. The van der Waals surface area contributed by atoms with Gasteiger partial charge in [-0.3, -0.25) is 4.79 Å². The smallest absolute Gasteiger partial charge is 0.408 e. The van der Waals surface area contributed by atoms with Crippen molar-refractivity contribution in [1.29, 1.82) is 0 Å². The molecule has 2 atom stereocenters. The Hall–Kier alpha value is -1.79. The first-order valence-electron chi connectivity index (χ1n) is 7.07. The van der Waals surface area contributed by atoms with Crippen molar-refractivity contribution in [2.75, 3.05) is 0 Å². The van der Waals surface area contributed by atoms with Crippen LogP contribution in [0.4, 0.5) is 4.79 Å². The molecule has 0 heterocycles. The summed E-state index contributed by atoms with van der Waals surface area (Å²) in [6.45, 7) is 15.3. The van der Waals surface area contributed by atoms with Gasteiger partial charge in [0.15, 0.2) is 0 Å². The fraction of sp³-hybridized carbons (Fsp3) is 0.733. The molecule has 0 aromatic carbocycles. The summed E-state index contributed by atoms with van der Waals surface area (Å²) in [5, 5.41) is 4.72. The van der Waals surface area contributed by atoms with Crippen LogP contribution in [-0.4, -0.2) is 41.3 Å². The minimum absolute atomic E-state index is 0.565. The molecule has 0 aromatic heterocycles. The highest BCUT2D eigenvalue weighted by atomic mass is 16.6. The Morgan fingerprint density at radius 3 is 1.77 bits per heavy atom. The van der Waals surface area contributed by atoms with E-state index in [1.807, 2.05) is 0 Å². The lowest BCUT2D eigenvalue weighted by atomic mass is 10.2. The molecule has 0 aliphatic carbocycles. The summed E-state index contributed by atoms with van der Waals surface area (Å²) in [7, 11) is 0. The standard InChI is InChI=1S/C15H27N2O5/c1-9(17-13(20)22-15(6,7)8)11(18)16-10(2)12(19)21-14(3,4)5/h9-10H,1H2,2-8H3,(H,16,18)(H,17,20)/t9?,10-/m0/s1. The first-order chi connectivity index (χ1) is 9.71. The third-order valence-electron chi connectivity index (χ3n) is 2.13. The molecule has 0 saturated heterocycles. The molecule has 0 bridgehead atoms. The SMILES string of the molecule is [CH2]C(NC(=O)OC(C)(C)C)C(=O)N[C@@H](C)C(=O)OC(C)(C)C. The van der Waals surface area contributed by atoms with Gasteiger partial charge in [0.05, 0.1) is 0 Å². The zero-order valence-electron chi connectivity index (χ0n) is 14.4. The van der Waals surface area contributed by atoms with Crippen LogP contribution >= 0.6 is 0 Å². The molecule has 0 fully saturated rings. The van der Waals surface area contributed by atoms with Gasteiger partial charge >= 0.3 is 12.1 Å². The van der Waals surface area contributed by atoms with Crippen molar-refractivity contribution < 1.29 is 23.9 Å². The molecule has 2 amide bonds. The second kappa shape index (κ2) is 7.47. The van der Waals surface area contributed by atoms with Crippen LogP contribution in [0.1, 0.15) is 48.5 Å². The molecule has 1 radical (unpaired) electrons. The predicted molar refractivity (Wildman–Crippen MR) is 82.0 cm³/mol. The van der Waals surface area contributed by atoms with Crippen molar-refractivity contribution in [1.82, 2.24) is 10.6 Å². The number of carbonyl (C=O) groups is 3. The molecular weight excluding hydrogens is 288 g/mol. The quantitative estimate of drug-likeness (QED) is 0.768. The lowest BCUT2D eigenvalue weighted by Crippen LogP contribution is -2.51. The zero-order valence-corrected chi connectivity index (χ0v) is 14.4. The molecular formula is C15H27N2O5. The number of rotatable bonds is 4. The maximum absolute atomic E-state index is 11.9. The second-order valence-corrected chi connectivity index (χ2v) is 6.96. The molecule has 1 unspecified atom stereocenters. The van der Waals surface area contributed by atoms with Gasteiger partial charge in [-0.15, -0.1) is 0 Å². The summed E-state index contributed by atoms with van der Waals surface area (Å²) in [5.41, 5.74) is -1.32. The van der Waals surface area contributed by atoms with E-state index in [0.717, 1.165) is 0 Å². The van der Waals surface area contributed by atoms with Crippen LogP contribution in [0.15, 0.2) is 0 Å². The Morgan fingerprint density at radius 1 is 0.909 bits per heavy atom. The first-order valence-corrected chi connectivity index (χ1v) is 7.07. The summed E-state index contributed by atoms with van der Waals surface area (Å²) in [6.07, 6.45) is -0.757. The fourth-order valence-corrected chi connectivity index (χ4v) is 1.28. The van der Waals surface area contributed by atoms with Gasteiger partial charge in [0, 0.05) is 0 Å². The maximum atomic E-state index is 11.9. The van der Waals surface area contributed by atoms with E-state index in [4.69, 9.17) is 9.47 Å². The van der Waals surface area contributed by atoms with E-state index >= 15 is 0 Å². The third kappa shape index (κ3) is 9.20. The zero-order chi connectivity index (χ0) is 17.7. The van der Waals surface area contributed by atoms with E-state index in [9.17, 15) is 14.4 Å². The van der Waals surface area contributed by atoms with Crippen molar-refractivity contribution in [2.24, 2.45) is 0 Å². The van der Waals surface area contributed by atoms with Crippen LogP contribution < -0.4 is 10.6 Å². The van der Waals surface area contributed by atoms with E-state index in [1.165, 1.54) is 6.92 Å². The Kier molecular flexibility index (Phi) is 6.86. The molecule has 0 saturated carbocycles. The Balaban J connectivity index is 4.41. The van der Waals surface area contributed by atoms with Gasteiger partial charge in [-0.1, -0.05) is 0 Å². The highest BCUT2D eigenvalue weighted by molar-refractivity contribution is 5.90. The third-order valence-corrected chi connectivity index (χ3v) is 2.13. The number of amides is 2. The van der Waals surface area contributed by atoms with Crippen LogP contribution in [0.2, 0.25) is 0 Å². The number of hydrogen-bond acceptors (Lipinski definition) is 5. The molecule has 7 heteroatoms. The minimum atomic E-state index is -1.08. The van der Waals surface area contributed by atoms with Gasteiger partial charge in [-0.2, -0.15) is 0 Å². The summed E-state index contributed by atoms with van der Waals surface area (Å²) < 4.78 is 10.2. The summed E-state index contributed by atoms with van der Waals surface area (Å²) in [6, 6.07) is -1.93. The molecule has 0 aliphatic heterocycles. The molecule has 127 valence electrons. The van der Waals surface area contributed by atoms with Gasteiger partial charge in [0.2, 0.25) is 5.91 Å². The number of hydrogen-bond donors (Lipinski definition) is 2. The van der Waals surface area contributed by atoms with Crippen LogP contribution in [-0.2, 0) is 19.1 Å². The Morgan fingerprint density at radius 2 is 1.36 bits per heavy atom. The van der Waals surface area contributed by atoms with Crippen LogP contribution in [0.3, 0.4) is 0 Å². The molecule has 7 nitrogen and oxygen atoms in total. The average Bonchev–Trinajstić information content (AvgIpc) is 2.23. The minimum Gasteiger partial charge on any atom is -0.458 e. The predicted octanol–water partition coefficient (Wildman–Crippen LogP) is 1.56. The largest absolute Gasteiger partial charge is 0.458 e. The van der Waals surface area contributed by atoms with E-state index in [1.54, 1.807) is 41.5 Å². The monoisotopic (exact) mass is 315 g/mol. The lowest BCUT2D eigenvalue weighted by Gasteiger charge is -2.24. The van der Waals surface area contributed by atoms with Crippen LogP contribution in [0.5, 0.6) is 0 Å². The van der Waals surface area contributed by atoms with E-state index in [-0.39, 0.29) is 0 Å². The van der Waals surface area contributed by atoms with Crippen molar-refractivity contribution >= 4 is 18.0 Å². The fourth-order valence-electron chi connectivity index (χ4n) is 1.28. The second-order valence-electron chi connectivity index (χ2n) is 6.96. The van der Waals surface area contributed by atoms with Crippen molar-refractivity contribution in [3.63, 3.8) is 0 Å². The summed E-state index contributed by atoms with van der Waals surface area (Å²) in [4.78, 5) is 35.2. The molecule has 0 rings (SSSR count). The van der Waals surface area contributed by atoms with E-state index in [0.29, 0.717) is 0 Å². The van der Waals surface area contributed by atoms with Gasteiger partial charge < -0.3 is 20.1 Å². The number of carbonyl (C=O) groups excluding carboxylic acids is 3. The topological polar surface area (TPSA) is 93.7 Å². The number of esters is 1. The maximum Gasteiger partial charge on any atom is 0.408 e. The average molecular weight is 315 g/mol. The molecule has 0 aliphatic rings. The highest BCUT2D eigenvalue weighted by Crippen LogP contribution is 2.09. The van der Waals surface area contributed by atoms with Gasteiger partial charge in [-0.25, -0.2) is 9.59 Å². The Bertz CT molecular complexity index is 421. The van der Waals surface area contributed by atoms with E-state index < -0.39 is 41.3 Å². The summed E-state index contributed by atoms with van der Waals surface area (Å²) >= 11 is 0. The lowest BCUT2D eigenvalue weighted by molar-refractivity contribution is -0.158. The molecule has 0 aromatic rings. The number of alkyl carbamates (subject to hydrolysis) is 1. The van der Waals surface area contributed by atoms with Gasteiger partial charge in [-0.05, 0) is 55.4 Å². The van der Waals surface area contributed by atoms with Crippen LogP contribution in [0.25, 0.3) is 0 Å². The van der Waals surface area contributed by atoms with Crippen molar-refractivity contribution in [2.45, 2.75) is 71.8 Å². The Labute approximate surface area is 132 Å². The summed E-state index contributed by atoms with van der Waals surface area (Å²) in [5.74, 6) is -1.17. The first kappa shape index (κ1) is 20.2. The molecule has 0 spiro atoms. The van der Waals surface area contributed by atoms with Gasteiger partial charge in [0.1, 0.15) is 23.3 Å². The van der Waals surface area contributed by atoms with Crippen molar-refractivity contribution in [3.8, 4) is 0 Å². The molecule has 22 heavy (non-hydrogen) atoms. The highest BCUT2D eigenvalue weighted by Gasteiger charge is 2.26.